The quantitative estimate of drug-likeness (QED) is 0.525. The van der Waals surface area contributed by atoms with Gasteiger partial charge in [-0.05, 0) is 0 Å². The summed E-state index contributed by atoms with van der Waals surface area (Å²) >= 11 is 0.399. The molecule has 6 nitrogen and oxygen atoms in total. The van der Waals surface area contributed by atoms with Crippen molar-refractivity contribution in [3.63, 3.8) is 0 Å². The molecule has 24 heavy (non-hydrogen) atoms. The normalized spacial score (nSPS) is 15.1. The molecule has 0 bridgehead atoms. The van der Waals surface area contributed by atoms with Gasteiger partial charge in [0.25, 0.3) is 0 Å². The Morgan fingerprint density at radius 2 is 2.00 bits per heavy atom. The monoisotopic (exact) mass is 518 g/mol. The molecule has 3 aromatic rings. The first-order chi connectivity index (χ1) is 11.6. The average molecular weight is 518 g/mol. The number of phenols is 1. The molecule has 1 N–H and O–H groups in total. The number of halogens is 1. The maximum absolute atomic E-state index is 13.6. The number of aromatic hydroxyl groups is 1. The van der Waals surface area contributed by atoms with Gasteiger partial charge in [0, 0.05) is 0 Å². The summed E-state index contributed by atoms with van der Waals surface area (Å²) in [4.78, 5) is 6.62. The Morgan fingerprint density at radius 1 is 1.21 bits per heavy atom. The van der Waals surface area contributed by atoms with Crippen molar-refractivity contribution < 1.29 is 14.2 Å². The fourth-order valence-electron chi connectivity index (χ4n) is 2.89. The number of benzene rings is 1. The minimum absolute atomic E-state index is 0.357. The van der Waals surface area contributed by atoms with Crippen molar-refractivity contribution in [2.45, 2.75) is 0 Å². The number of morpholine rings is 1. The molecule has 0 atom stereocenters. The molecule has 0 amide bonds. The van der Waals surface area contributed by atoms with Gasteiger partial charge in [-0.3, -0.25) is 0 Å². The minimum atomic E-state index is -0.625. The Kier molecular flexibility index (Phi) is 4.12. The van der Waals surface area contributed by atoms with Crippen LogP contribution in [-0.2, 0) is 4.74 Å². The van der Waals surface area contributed by atoms with Crippen LogP contribution in [0.3, 0.4) is 0 Å². The molecule has 1 aromatic carbocycles. The van der Waals surface area contributed by atoms with E-state index in [0.717, 1.165) is 35.6 Å². The molecule has 1 fully saturated rings. The first-order valence-corrected chi connectivity index (χ1v) is 9.59. The van der Waals surface area contributed by atoms with E-state index >= 15 is 0 Å². The number of rotatable bonds is 2. The summed E-state index contributed by atoms with van der Waals surface area (Å²) in [5.74, 6) is -0.107. The van der Waals surface area contributed by atoms with E-state index in [0.29, 0.717) is 44.8 Å². The topological polar surface area (TPSA) is 63.4 Å². The molecule has 120 valence electrons. The molecule has 0 saturated carbocycles. The van der Waals surface area contributed by atoms with E-state index in [9.17, 15) is 9.50 Å². The Balaban J connectivity index is 1.81. The van der Waals surface area contributed by atoms with Crippen LogP contribution in [0.25, 0.3) is 22.2 Å². The number of ether oxygens (including phenoxy) is 1. The van der Waals surface area contributed by atoms with Crippen molar-refractivity contribution in [1.29, 1.82) is 0 Å². The van der Waals surface area contributed by atoms with E-state index in [1.54, 1.807) is 8.69 Å². The van der Waals surface area contributed by atoms with Crippen molar-refractivity contribution in [3.8, 4) is 17.0 Å². The predicted molar refractivity (Wildman–Crippen MR) is 88.8 cm³/mol. The van der Waals surface area contributed by atoms with Crippen molar-refractivity contribution in [1.82, 2.24) is 12.6 Å². The summed E-state index contributed by atoms with van der Waals surface area (Å²) in [5.41, 5.74) is 2.34. The third kappa shape index (κ3) is 2.75. The number of nitrogens with zero attached hydrogens (tertiary/aromatic N) is 4. The zero-order chi connectivity index (χ0) is 16.7. The maximum atomic E-state index is 13.6. The van der Waals surface area contributed by atoms with Gasteiger partial charge in [0.1, 0.15) is 0 Å². The van der Waals surface area contributed by atoms with Crippen molar-refractivity contribution >= 4 is 42.8 Å². The number of fused-ring (bicyclic) bond motifs is 1. The van der Waals surface area contributed by atoms with Gasteiger partial charge >= 0.3 is 154 Å². The van der Waals surface area contributed by atoms with Gasteiger partial charge < -0.3 is 0 Å². The van der Waals surface area contributed by atoms with E-state index in [1.165, 1.54) is 12.1 Å². The Hall–Kier alpha value is -1.75. The molecule has 0 spiro atoms. The number of phenolic OH excluding ortho intramolecular Hbond substituents is 1. The molecule has 0 unspecified atom stereocenters. The number of anilines is 1. The van der Waals surface area contributed by atoms with Crippen LogP contribution in [-0.4, -0.2) is 70.0 Å². The number of hydrogen-bond acceptors (Lipinski definition) is 5. The van der Waals surface area contributed by atoms with E-state index in [-0.39, 0.29) is 5.75 Å². The molecule has 2 aromatic heterocycles. The van der Waals surface area contributed by atoms with E-state index in [1.807, 2.05) is 12.1 Å². The standard InChI is InChI=1S/C16H14FN4O2.Tl/c17-12-9-13-11(8-14(12)22)16(20-19-13)10-1-2-18-15(7-10)21-3-5-23-6-4-21;/h1-2,7-9H,3-6H2,(H-,18,19,20,22);/q-1;+1. The van der Waals surface area contributed by atoms with Crippen LogP contribution in [0.15, 0.2) is 30.5 Å². The van der Waals surface area contributed by atoms with Gasteiger partial charge in [-0.1, -0.05) is 0 Å². The van der Waals surface area contributed by atoms with Crippen molar-refractivity contribution in [2.75, 3.05) is 31.2 Å². The summed E-state index contributed by atoms with van der Waals surface area (Å²) in [6, 6.07) is 6.65. The van der Waals surface area contributed by atoms with Gasteiger partial charge in [-0.15, -0.1) is 0 Å². The average Bonchev–Trinajstić information content (AvgIpc) is 2.92. The van der Waals surface area contributed by atoms with Crippen LogP contribution in [0.5, 0.6) is 5.75 Å². The Bertz CT molecular complexity index is 908. The predicted octanol–water partition coefficient (Wildman–Crippen LogP) is 1.71. The molecule has 0 radical (unpaired) electrons. The molecule has 1 aliphatic rings. The molecule has 1 saturated heterocycles. The van der Waals surface area contributed by atoms with Crippen LogP contribution in [0, 0.1) is 5.82 Å². The second-order valence-electron chi connectivity index (χ2n) is 5.62. The van der Waals surface area contributed by atoms with E-state index in [4.69, 9.17) is 4.74 Å². The van der Waals surface area contributed by atoms with Crippen LogP contribution >= 0.6 is 0 Å². The van der Waals surface area contributed by atoms with Gasteiger partial charge in [0.2, 0.25) is 0 Å². The second-order valence-corrected chi connectivity index (χ2v) is 7.52. The first kappa shape index (κ1) is 15.8. The molecule has 4 rings (SSSR count). The van der Waals surface area contributed by atoms with Crippen LogP contribution in [0.1, 0.15) is 0 Å². The van der Waals surface area contributed by atoms with Gasteiger partial charge in [-0.25, -0.2) is 0 Å². The Labute approximate surface area is 154 Å². The molecular weight excluding hydrogens is 504 g/mol. The van der Waals surface area contributed by atoms with Crippen LogP contribution in [0.2, 0.25) is 0 Å². The molecule has 3 heterocycles. The number of aromatic nitrogens is 3. The Morgan fingerprint density at radius 3 is 2.79 bits per heavy atom. The van der Waals surface area contributed by atoms with Gasteiger partial charge in [0.05, 0.1) is 0 Å². The third-order valence-corrected chi connectivity index (χ3v) is 5.66. The fraction of sp³-hybridized carbons (Fsp3) is 0.250. The summed E-state index contributed by atoms with van der Waals surface area (Å²) in [6.45, 7) is 3.00. The third-order valence-electron chi connectivity index (χ3n) is 4.13. The van der Waals surface area contributed by atoms with Crippen molar-refractivity contribution in [3.05, 3.63) is 36.3 Å². The van der Waals surface area contributed by atoms with Crippen LogP contribution < -0.4 is 4.90 Å². The van der Waals surface area contributed by atoms with E-state index < -0.39 is 5.82 Å². The molecule has 8 heteroatoms. The van der Waals surface area contributed by atoms with Gasteiger partial charge in [0.15, 0.2) is 0 Å². The van der Waals surface area contributed by atoms with Crippen LogP contribution in [0.4, 0.5) is 10.2 Å². The zero-order valence-electron chi connectivity index (χ0n) is 12.8. The molecular formula is C16H14FN4O2Tl. The molecule has 0 aliphatic carbocycles. The fourth-order valence-corrected chi connectivity index (χ4v) is 4.17. The van der Waals surface area contributed by atoms with Crippen molar-refractivity contribution in [2.24, 2.45) is 0 Å². The van der Waals surface area contributed by atoms with Gasteiger partial charge in [-0.2, -0.15) is 0 Å². The zero-order valence-corrected chi connectivity index (χ0v) is 17.3. The molecule has 1 aliphatic heterocycles. The number of pyridine rings is 1. The first-order valence-electron chi connectivity index (χ1n) is 7.59. The summed E-state index contributed by atoms with van der Waals surface area (Å²) < 4.78 is 20.8. The number of hydrogen-bond donors (Lipinski definition) is 1. The summed E-state index contributed by atoms with van der Waals surface area (Å²) in [6.07, 6.45) is 1.75. The SMILES string of the molecule is Oc1cc2c(-c3ccnc(N4CCOCC4)c3)n[n]([Tl])c2cc1F. The van der Waals surface area contributed by atoms with E-state index in [2.05, 4.69) is 15.0 Å². The summed E-state index contributed by atoms with van der Waals surface area (Å²) in [7, 11) is 0. The summed E-state index contributed by atoms with van der Waals surface area (Å²) in [5, 5.41) is 15.0. The second kappa shape index (κ2) is 6.28.